The SMILES string of the molecule is NNC(=O)c1ccccc1CN1C2CCC1CC(O)C2. The van der Waals surface area contributed by atoms with E-state index in [-0.39, 0.29) is 12.0 Å². The molecule has 1 amide bonds. The quantitative estimate of drug-likeness (QED) is 0.433. The first-order valence-electron chi connectivity index (χ1n) is 7.21. The topological polar surface area (TPSA) is 78.6 Å². The van der Waals surface area contributed by atoms with Crippen LogP contribution < -0.4 is 11.3 Å². The number of fused-ring (bicyclic) bond motifs is 2. The van der Waals surface area contributed by atoms with Gasteiger partial charge in [-0.3, -0.25) is 15.1 Å². The lowest BCUT2D eigenvalue weighted by Crippen LogP contribution is -2.44. The number of rotatable bonds is 3. The van der Waals surface area contributed by atoms with E-state index in [0.717, 1.165) is 37.8 Å². The summed E-state index contributed by atoms with van der Waals surface area (Å²) >= 11 is 0. The number of piperidine rings is 1. The molecule has 2 unspecified atom stereocenters. The van der Waals surface area contributed by atoms with Gasteiger partial charge in [0.1, 0.15) is 0 Å². The van der Waals surface area contributed by atoms with E-state index < -0.39 is 0 Å². The summed E-state index contributed by atoms with van der Waals surface area (Å²) in [5.74, 6) is 5.00. The second-order valence-electron chi connectivity index (χ2n) is 5.81. The van der Waals surface area contributed by atoms with Crippen LogP contribution in [0.25, 0.3) is 0 Å². The van der Waals surface area contributed by atoms with Crippen LogP contribution in [-0.2, 0) is 6.54 Å². The molecule has 2 atom stereocenters. The van der Waals surface area contributed by atoms with Crippen LogP contribution in [0.1, 0.15) is 41.6 Å². The zero-order valence-corrected chi connectivity index (χ0v) is 11.5. The lowest BCUT2D eigenvalue weighted by Gasteiger charge is -2.37. The Labute approximate surface area is 118 Å². The highest BCUT2D eigenvalue weighted by Gasteiger charge is 2.40. The van der Waals surface area contributed by atoms with Gasteiger partial charge in [-0.15, -0.1) is 0 Å². The zero-order valence-electron chi connectivity index (χ0n) is 11.5. The first-order valence-corrected chi connectivity index (χ1v) is 7.21. The Morgan fingerprint density at radius 2 is 1.95 bits per heavy atom. The third-order valence-electron chi connectivity index (χ3n) is 4.61. The fourth-order valence-electron chi connectivity index (χ4n) is 3.66. The molecule has 5 nitrogen and oxygen atoms in total. The Kier molecular flexibility index (Phi) is 3.74. The number of nitrogens with zero attached hydrogens (tertiary/aromatic N) is 1. The standard InChI is InChI=1S/C15H21N3O2/c16-17-15(20)14-4-2-1-3-10(14)9-18-11-5-6-12(18)8-13(19)7-11/h1-4,11-13,19H,5-9,16H2,(H,17,20). The van der Waals surface area contributed by atoms with Crippen LogP contribution in [0.3, 0.4) is 0 Å². The molecule has 1 aromatic carbocycles. The Morgan fingerprint density at radius 1 is 1.30 bits per heavy atom. The van der Waals surface area contributed by atoms with Gasteiger partial charge in [-0.05, 0) is 37.3 Å². The van der Waals surface area contributed by atoms with Gasteiger partial charge < -0.3 is 5.11 Å². The van der Waals surface area contributed by atoms with Crippen molar-refractivity contribution in [3.8, 4) is 0 Å². The van der Waals surface area contributed by atoms with Crippen molar-refractivity contribution in [3.63, 3.8) is 0 Å². The Hall–Kier alpha value is -1.43. The van der Waals surface area contributed by atoms with Gasteiger partial charge in [-0.25, -0.2) is 5.84 Å². The zero-order chi connectivity index (χ0) is 14.1. The van der Waals surface area contributed by atoms with Gasteiger partial charge in [0.15, 0.2) is 0 Å². The van der Waals surface area contributed by atoms with E-state index in [1.165, 1.54) is 0 Å². The average molecular weight is 275 g/mol. The summed E-state index contributed by atoms with van der Waals surface area (Å²) < 4.78 is 0. The maximum Gasteiger partial charge on any atom is 0.265 e. The number of nitrogens with one attached hydrogen (secondary N) is 1. The van der Waals surface area contributed by atoms with E-state index in [1.807, 2.05) is 18.2 Å². The van der Waals surface area contributed by atoms with Crippen LogP contribution in [0, 0.1) is 0 Å². The molecule has 5 heteroatoms. The molecule has 0 aromatic heterocycles. The van der Waals surface area contributed by atoms with E-state index in [1.54, 1.807) is 6.07 Å². The van der Waals surface area contributed by atoms with Crippen molar-refractivity contribution in [3.05, 3.63) is 35.4 Å². The molecule has 1 aromatic rings. The molecule has 2 fully saturated rings. The first kappa shape index (κ1) is 13.5. The summed E-state index contributed by atoms with van der Waals surface area (Å²) in [6, 6.07) is 8.47. The maximum atomic E-state index is 11.8. The van der Waals surface area contributed by atoms with Gasteiger partial charge >= 0.3 is 0 Å². The number of aliphatic hydroxyl groups is 1. The molecule has 2 saturated heterocycles. The van der Waals surface area contributed by atoms with Crippen LogP contribution in [0.2, 0.25) is 0 Å². The van der Waals surface area contributed by atoms with Crippen molar-refractivity contribution < 1.29 is 9.90 Å². The molecule has 3 rings (SSSR count). The van der Waals surface area contributed by atoms with Crippen LogP contribution in [-0.4, -0.2) is 34.1 Å². The van der Waals surface area contributed by atoms with Crippen LogP contribution >= 0.6 is 0 Å². The highest BCUT2D eigenvalue weighted by Crippen LogP contribution is 2.37. The number of hydrazine groups is 1. The first-order chi connectivity index (χ1) is 9.69. The fraction of sp³-hybridized carbons (Fsp3) is 0.533. The number of hydrogen-bond donors (Lipinski definition) is 3. The number of carbonyl (C=O) groups is 1. The summed E-state index contributed by atoms with van der Waals surface area (Å²) in [6.45, 7) is 0.756. The largest absolute Gasteiger partial charge is 0.393 e. The number of amides is 1. The van der Waals surface area contributed by atoms with E-state index in [2.05, 4.69) is 10.3 Å². The predicted octanol–water partition coefficient (Wildman–Crippen LogP) is 0.778. The Morgan fingerprint density at radius 3 is 2.60 bits per heavy atom. The third-order valence-corrected chi connectivity index (χ3v) is 4.61. The van der Waals surface area contributed by atoms with Gasteiger partial charge in [0.25, 0.3) is 5.91 Å². The fourth-order valence-corrected chi connectivity index (χ4v) is 3.66. The highest BCUT2D eigenvalue weighted by atomic mass is 16.3. The number of aliphatic hydroxyl groups excluding tert-OH is 1. The molecule has 2 bridgehead atoms. The number of nitrogens with two attached hydrogens (primary N) is 1. The minimum absolute atomic E-state index is 0.161. The van der Waals surface area contributed by atoms with Crippen molar-refractivity contribution in [1.82, 2.24) is 10.3 Å². The molecular weight excluding hydrogens is 254 g/mol. The smallest absolute Gasteiger partial charge is 0.265 e. The van der Waals surface area contributed by atoms with Crippen LogP contribution in [0.5, 0.6) is 0 Å². The molecule has 20 heavy (non-hydrogen) atoms. The Bertz CT molecular complexity index is 492. The monoisotopic (exact) mass is 275 g/mol. The molecule has 0 aliphatic carbocycles. The number of carbonyl (C=O) groups excluding carboxylic acids is 1. The van der Waals surface area contributed by atoms with Crippen molar-refractivity contribution in [2.75, 3.05) is 0 Å². The summed E-state index contributed by atoms with van der Waals surface area (Å²) in [5.41, 5.74) is 3.85. The molecule has 0 spiro atoms. The number of nitrogen functional groups attached to an aromatic ring is 1. The molecule has 108 valence electrons. The minimum Gasteiger partial charge on any atom is -0.393 e. The van der Waals surface area contributed by atoms with E-state index in [9.17, 15) is 9.90 Å². The Balaban J connectivity index is 1.80. The van der Waals surface area contributed by atoms with E-state index in [0.29, 0.717) is 17.6 Å². The van der Waals surface area contributed by atoms with Gasteiger partial charge in [0.05, 0.1) is 6.10 Å². The molecule has 4 N–H and O–H groups in total. The second kappa shape index (κ2) is 5.52. The minimum atomic E-state index is -0.245. The maximum absolute atomic E-state index is 11.8. The average Bonchev–Trinajstić information content (AvgIpc) is 2.70. The van der Waals surface area contributed by atoms with Crippen LogP contribution in [0.15, 0.2) is 24.3 Å². The van der Waals surface area contributed by atoms with Crippen LogP contribution in [0.4, 0.5) is 0 Å². The second-order valence-corrected chi connectivity index (χ2v) is 5.81. The van der Waals surface area contributed by atoms with E-state index >= 15 is 0 Å². The molecule has 2 aliphatic rings. The molecular formula is C15H21N3O2. The lowest BCUT2D eigenvalue weighted by atomic mass is 9.98. The van der Waals surface area contributed by atoms with Gasteiger partial charge in [-0.1, -0.05) is 18.2 Å². The highest BCUT2D eigenvalue weighted by molar-refractivity contribution is 5.95. The lowest BCUT2D eigenvalue weighted by molar-refractivity contribution is 0.0308. The molecule has 2 heterocycles. The predicted molar refractivity (Wildman–Crippen MR) is 75.7 cm³/mol. The van der Waals surface area contributed by atoms with Crippen molar-refractivity contribution in [1.29, 1.82) is 0 Å². The van der Waals surface area contributed by atoms with Crippen molar-refractivity contribution in [2.24, 2.45) is 5.84 Å². The molecule has 2 aliphatic heterocycles. The molecule has 0 radical (unpaired) electrons. The number of benzene rings is 1. The normalized spacial score (nSPS) is 29.4. The summed E-state index contributed by atoms with van der Waals surface area (Å²) in [6.07, 6.45) is 3.83. The summed E-state index contributed by atoms with van der Waals surface area (Å²) in [5, 5.41) is 9.85. The van der Waals surface area contributed by atoms with Crippen molar-refractivity contribution in [2.45, 2.75) is 50.4 Å². The summed E-state index contributed by atoms with van der Waals surface area (Å²) in [4.78, 5) is 14.3. The third kappa shape index (κ3) is 2.44. The van der Waals surface area contributed by atoms with E-state index in [4.69, 9.17) is 5.84 Å². The molecule has 0 saturated carbocycles. The van der Waals surface area contributed by atoms with Gasteiger partial charge in [0, 0.05) is 24.2 Å². The number of hydrogen-bond acceptors (Lipinski definition) is 4. The van der Waals surface area contributed by atoms with Crippen molar-refractivity contribution >= 4 is 5.91 Å². The summed E-state index contributed by atoms with van der Waals surface area (Å²) in [7, 11) is 0. The van der Waals surface area contributed by atoms with Gasteiger partial charge in [0.2, 0.25) is 0 Å². The van der Waals surface area contributed by atoms with Gasteiger partial charge in [-0.2, -0.15) is 0 Å².